The molecule has 0 fully saturated rings. The third kappa shape index (κ3) is 1.53. The van der Waals surface area contributed by atoms with Crippen LogP contribution in [0.15, 0.2) is 12.1 Å². The quantitative estimate of drug-likeness (QED) is 0.822. The summed E-state index contributed by atoms with van der Waals surface area (Å²) in [5.74, 6) is 0. The van der Waals surface area contributed by atoms with E-state index in [0.717, 1.165) is 4.70 Å². The van der Waals surface area contributed by atoms with E-state index in [2.05, 4.69) is 4.98 Å². The summed E-state index contributed by atoms with van der Waals surface area (Å²) in [5.41, 5.74) is 0.670. The zero-order valence-corrected chi connectivity index (χ0v) is 8.75. The molecule has 5 heteroatoms. The molecule has 0 unspecified atom stereocenters. The molecule has 0 bridgehead atoms. The average Bonchev–Trinajstić information content (AvgIpc) is 2.56. The molecular weight excluding hydrogens is 229 g/mol. The van der Waals surface area contributed by atoms with Crippen LogP contribution in [0.3, 0.4) is 0 Å². The SMILES string of the molecule is OCc1nc2c(Cl)ccc(Cl)c2s1. The summed E-state index contributed by atoms with van der Waals surface area (Å²) in [6.07, 6.45) is 0. The van der Waals surface area contributed by atoms with E-state index in [1.54, 1.807) is 12.1 Å². The number of nitrogens with zero attached hydrogens (tertiary/aromatic N) is 1. The van der Waals surface area contributed by atoms with Crippen molar-refractivity contribution in [3.05, 3.63) is 27.2 Å². The Balaban J connectivity index is 2.80. The van der Waals surface area contributed by atoms with Crippen molar-refractivity contribution in [1.29, 1.82) is 0 Å². The van der Waals surface area contributed by atoms with Crippen LogP contribution >= 0.6 is 34.5 Å². The first-order valence-corrected chi connectivity index (χ1v) is 5.14. The van der Waals surface area contributed by atoms with Crippen molar-refractivity contribution in [2.45, 2.75) is 6.61 Å². The topological polar surface area (TPSA) is 33.1 Å². The van der Waals surface area contributed by atoms with Gasteiger partial charge in [0, 0.05) is 0 Å². The van der Waals surface area contributed by atoms with Gasteiger partial charge in [0.1, 0.15) is 10.5 Å². The second kappa shape index (κ2) is 3.42. The Labute approximate surface area is 88.7 Å². The van der Waals surface area contributed by atoms with Gasteiger partial charge in [-0.05, 0) is 12.1 Å². The van der Waals surface area contributed by atoms with Crippen LogP contribution in [0.25, 0.3) is 10.2 Å². The van der Waals surface area contributed by atoms with Crippen molar-refractivity contribution in [3.63, 3.8) is 0 Å². The summed E-state index contributed by atoms with van der Waals surface area (Å²) in [7, 11) is 0. The molecule has 0 saturated heterocycles. The average molecular weight is 234 g/mol. The third-order valence-electron chi connectivity index (χ3n) is 1.63. The van der Waals surface area contributed by atoms with E-state index in [-0.39, 0.29) is 6.61 Å². The fraction of sp³-hybridized carbons (Fsp3) is 0.125. The molecule has 0 amide bonds. The minimum absolute atomic E-state index is 0.0774. The number of aliphatic hydroxyl groups is 1. The zero-order chi connectivity index (χ0) is 9.42. The molecule has 1 N–H and O–H groups in total. The Morgan fingerprint density at radius 1 is 1.31 bits per heavy atom. The first-order chi connectivity index (χ1) is 6.22. The summed E-state index contributed by atoms with van der Waals surface area (Å²) in [5, 5.41) is 10.7. The van der Waals surface area contributed by atoms with Gasteiger partial charge in [-0.1, -0.05) is 23.2 Å². The summed E-state index contributed by atoms with van der Waals surface area (Å²) in [6.45, 7) is -0.0774. The van der Waals surface area contributed by atoms with Crippen molar-refractivity contribution in [1.82, 2.24) is 4.98 Å². The number of aromatic nitrogens is 1. The molecule has 0 aliphatic heterocycles. The van der Waals surface area contributed by atoms with Gasteiger partial charge in [0.05, 0.1) is 21.4 Å². The molecule has 2 rings (SSSR count). The molecule has 0 aliphatic rings. The molecule has 0 saturated carbocycles. The van der Waals surface area contributed by atoms with Crippen LogP contribution in [0.4, 0.5) is 0 Å². The highest BCUT2D eigenvalue weighted by Crippen LogP contribution is 2.33. The van der Waals surface area contributed by atoms with Gasteiger partial charge < -0.3 is 5.11 Å². The van der Waals surface area contributed by atoms with E-state index in [1.807, 2.05) is 0 Å². The Morgan fingerprint density at radius 2 is 2.00 bits per heavy atom. The number of fused-ring (bicyclic) bond motifs is 1. The highest BCUT2D eigenvalue weighted by molar-refractivity contribution is 7.19. The van der Waals surface area contributed by atoms with Gasteiger partial charge in [0.25, 0.3) is 0 Å². The van der Waals surface area contributed by atoms with Crippen molar-refractivity contribution in [2.75, 3.05) is 0 Å². The van der Waals surface area contributed by atoms with Gasteiger partial charge in [0.2, 0.25) is 0 Å². The van der Waals surface area contributed by atoms with Crippen molar-refractivity contribution in [2.24, 2.45) is 0 Å². The summed E-state index contributed by atoms with van der Waals surface area (Å²) in [6, 6.07) is 3.43. The molecule has 0 aliphatic carbocycles. The molecule has 1 heterocycles. The smallest absolute Gasteiger partial charge is 0.119 e. The predicted octanol–water partition coefficient (Wildman–Crippen LogP) is 3.10. The van der Waals surface area contributed by atoms with Crippen LogP contribution in [0.5, 0.6) is 0 Å². The van der Waals surface area contributed by atoms with Crippen LogP contribution in [-0.4, -0.2) is 10.1 Å². The lowest BCUT2D eigenvalue weighted by Crippen LogP contribution is -1.78. The molecular formula is C8H5Cl2NOS. The first kappa shape index (κ1) is 9.21. The lowest BCUT2D eigenvalue weighted by atomic mass is 10.3. The highest BCUT2D eigenvalue weighted by atomic mass is 35.5. The Hall–Kier alpha value is -0.350. The molecule has 13 heavy (non-hydrogen) atoms. The first-order valence-electron chi connectivity index (χ1n) is 3.56. The predicted molar refractivity (Wildman–Crippen MR) is 55.6 cm³/mol. The maximum absolute atomic E-state index is 8.88. The van der Waals surface area contributed by atoms with E-state index in [0.29, 0.717) is 20.6 Å². The molecule has 1 aromatic heterocycles. The van der Waals surface area contributed by atoms with Gasteiger partial charge >= 0.3 is 0 Å². The monoisotopic (exact) mass is 233 g/mol. The number of hydrogen-bond acceptors (Lipinski definition) is 3. The number of hydrogen-bond donors (Lipinski definition) is 1. The van der Waals surface area contributed by atoms with Crippen LogP contribution in [0.2, 0.25) is 10.0 Å². The van der Waals surface area contributed by atoms with Crippen LogP contribution < -0.4 is 0 Å². The van der Waals surface area contributed by atoms with E-state index >= 15 is 0 Å². The molecule has 1 aromatic carbocycles. The Bertz CT molecular complexity index is 416. The molecule has 0 atom stereocenters. The molecule has 0 radical (unpaired) electrons. The van der Waals surface area contributed by atoms with Crippen LogP contribution in [0, 0.1) is 0 Å². The number of halogens is 2. The van der Waals surface area contributed by atoms with Crippen molar-refractivity contribution >= 4 is 44.8 Å². The van der Waals surface area contributed by atoms with Crippen molar-refractivity contribution in [3.8, 4) is 0 Å². The number of aliphatic hydroxyl groups excluding tert-OH is 1. The second-order valence-corrected chi connectivity index (χ2v) is 4.37. The van der Waals surface area contributed by atoms with Gasteiger partial charge in [-0.2, -0.15) is 0 Å². The van der Waals surface area contributed by atoms with Crippen LogP contribution in [-0.2, 0) is 6.61 Å². The fourth-order valence-corrected chi connectivity index (χ4v) is 2.44. The van der Waals surface area contributed by atoms with Crippen molar-refractivity contribution < 1.29 is 5.11 Å². The molecule has 68 valence electrons. The summed E-state index contributed by atoms with van der Waals surface area (Å²) < 4.78 is 0.832. The molecule has 2 aromatic rings. The van der Waals surface area contributed by atoms with Gasteiger partial charge in [-0.3, -0.25) is 0 Å². The number of benzene rings is 1. The molecule has 0 spiro atoms. The highest BCUT2D eigenvalue weighted by Gasteiger charge is 2.09. The minimum atomic E-state index is -0.0774. The second-order valence-electron chi connectivity index (χ2n) is 2.47. The Morgan fingerprint density at radius 3 is 2.62 bits per heavy atom. The van der Waals surface area contributed by atoms with E-state index in [9.17, 15) is 0 Å². The maximum Gasteiger partial charge on any atom is 0.119 e. The summed E-state index contributed by atoms with van der Waals surface area (Å²) in [4.78, 5) is 4.14. The lowest BCUT2D eigenvalue weighted by molar-refractivity contribution is 0.281. The van der Waals surface area contributed by atoms with Crippen LogP contribution in [0.1, 0.15) is 5.01 Å². The third-order valence-corrected chi connectivity index (χ3v) is 3.43. The van der Waals surface area contributed by atoms with E-state index < -0.39 is 0 Å². The number of thiazole rings is 1. The van der Waals surface area contributed by atoms with Gasteiger partial charge in [0.15, 0.2) is 0 Å². The number of rotatable bonds is 1. The van der Waals surface area contributed by atoms with E-state index in [4.69, 9.17) is 28.3 Å². The molecule has 2 nitrogen and oxygen atoms in total. The zero-order valence-electron chi connectivity index (χ0n) is 6.42. The summed E-state index contributed by atoms with van der Waals surface area (Å²) >= 11 is 13.2. The minimum Gasteiger partial charge on any atom is -0.389 e. The Kier molecular flexibility index (Phi) is 2.43. The lowest BCUT2D eigenvalue weighted by Gasteiger charge is -1.92. The normalized spacial score (nSPS) is 11.0. The van der Waals surface area contributed by atoms with Gasteiger partial charge in [-0.15, -0.1) is 11.3 Å². The largest absolute Gasteiger partial charge is 0.389 e. The maximum atomic E-state index is 8.88. The van der Waals surface area contributed by atoms with Gasteiger partial charge in [-0.25, -0.2) is 4.98 Å². The fourth-order valence-electron chi connectivity index (χ4n) is 1.06. The van der Waals surface area contributed by atoms with E-state index in [1.165, 1.54) is 11.3 Å². The standard InChI is InChI=1S/C8H5Cl2NOS/c9-4-1-2-5(10)8-7(4)11-6(3-12)13-8/h1-2,12H,3H2.